The summed E-state index contributed by atoms with van der Waals surface area (Å²) in [6, 6.07) is 0.414. The van der Waals surface area contributed by atoms with Crippen LogP contribution in [0.5, 0.6) is 0 Å². The van der Waals surface area contributed by atoms with E-state index in [1.807, 2.05) is 0 Å². The largest absolute Gasteiger partial charge is 0.368 e. The molecule has 3 atom stereocenters. The van der Waals surface area contributed by atoms with Crippen LogP contribution in [0.25, 0.3) is 0 Å². The smallest absolute Gasteiger partial charge is 0.249 e. The van der Waals surface area contributed by atoms with Crippen molar-refractivity contribution in [3.63, 3.8) is 0 Å². The number of carbonyl (C=O) groups is 1. The minimum absolute atomic E-state index is 0.106. The van der Waals surface area contributed by atoms with E-state index in [0.29, 0.717) is 12.0 Å². The fourth-order valence-electron chi connectivity index (χ4n) is 1.94. The second kappa shape index (κ2) is 3.66. The first-order chi connectivity index (χ1) is 6.27. The first-order valence-electron chi connectivity index (χ1n) is 5.19. The third-order valence-corrected chi connectivity index (χ3v) is 3.17. The molecule has 1 saturated heterocycles. The molecule has 0 aromatic carbocycles. The maximum absolute atomic E-state index is 11.6. The summed E-state index contributed by atoms with van der Waals surface area (Å²) in [5, 5.41) is 3.04. The normalized spacial score (nSPS) is 38.4. The van der Waals surface area contributed by atoms with Gasteiger partial charge in [0.15, 0.2) is 0 Å². The molecule has 0 aromatic heterocycles. The van der Waals surface area contributed by atoms with Crippen LogP contribution in [0.4, 0.5) is 0 Å². The van der Waals surface area contributed by atoms with Crippen LogP contribution in [0.15, 0.2) is 0 Å². The van der Waals surface area contributed by atoms with Crippen LogP contribution >= 0.6 is 0 Å². The van der Waals surface area contributed by atoms with Crippen molar-refractivity contribution in [3.8, 4) is 0 Å². The van der Waals surface area contributed by atoms with Gasteiger partial charge >= 0.3 is 0 Å². The standard InChI is InChI=1S/C10H17NO2/c1-7-4-5-8(7)11-10(12)9-3-2-6-13-9/h7-9H,2-6H2,1H3,(H,11,12). The van der Waals surface area contributed by atoms with Crippen molar-refractivity contribution in [1.29, 1.82) is 0 Å². The zero-order valence-corrected chi connectivity index (χ0v) is 8.08. The number of ether oxygens (including phenoxy) is 1. The Morgan fingerprint density at radius 3 is 2.69 bits per heavy atom. The van der Waals surface area contributed by atoms with Gasteiger partial charge in [-0.25, -0.2) is 0 Å². The number of amides is 1. The molecule has 0 spiro atoms. The molecule has 2 fully saturated rings. The third-order valence-electron chi connectivity index (χ3n) is 3.17. The van der Waals surface area contributed by atoms with Crippen LogP contribution in [0.2, 0.25) is 0 Å². The van der Waals surface area contributed by atoms with Gasteiger partial charge in [0.05, 0.1) is 0 Å². The molecule has 1 aliphatic heterocycles. The summed E-state index contributed by atoms with van der Waals surface area (Å²) in [7, 11) is 0. The van der Waals surface area contributed by atoms with Gasteiger partial charge in [0, 0.05) is 12.6 Å². The number of nitrogens with one attached hydrogen (secondary N) is 1. The van der Waals surface area contributed by atoms with Gasteiger partial charge in [-0.05, 0) is 31.6 Å². The average molecular weight is 183 g/mol. The molecule has 1 heterocycles. The molecule has 1 amide bonds. The fraction of sp³-hybridized carbons (Fsp3) is 0.900. The second-order valence-electron chi connectivity index (χ2n) is 4.17. The summed E-state index contributed by atoms with van der Waals surface area (Å²) in [5.74, 6) is 0.763. The quantitative estimate of drug-likeness (QED) is 0.695. The zero-order chi connectivity index (χ0) is 9.26. The van der Waals surface area contributed by atoms with Crippen molar-refractivity contribution in [2.24, 2.45) is 5.92 Å². The van der Waals surface area contributed by atoms with Gasteiger partial charge in [0.2, 0.25) is 5.91 Å². The van der Waals surface area contributed by atoms with E-state index in [4.69, 9.17) is 4.74 Å². The van der Waals surface area contributed by atoms with Gasteiger partial charge in [0.25, 0.3) is 0 Å². The molecule has 1 aliphatic carbocycles. The lowest BCUT2D eigenvalue weighted by molar-refractivity contribution is -0.131. The predicted octanol–water partition coefficient (Wildman–Crippen LogP) is 1.08. The summed E-state index contributed by atoms with van der Waals surface area (Å²) in [6.07, 6.45) is 4.15. The summed E-state index contributed by atoms with van der Waals surface area (Å²) in [6.45, 7) is 2.93. The Labute approximate surface area is 78.8 Å². The Bertz CT molecular complexity index is 199. The molecular weight excluding hydrogens is 166 g/mol. The molecule has 3 unspecified atom stereocenters. The topological polar surface area (TPSA) is 38.3 Å². The molecule has 1 saturated carbocycles. The van der Waals surface area contributed by atoms with Crippen molar-refractivity contribution in [3.05, 3.63) is 0 Å². The maximum atomic E-state index is 11.6. The Morgan fingerprint density at radius 2 is 2.23 bits per heavy atom. The van der Waals surface area contributed by atoms with Crippen LogP contribution in [0.1, 0.15) is 32.6 Å². The molecule has 2 rings (SSSR count). The van der Waals surface area contributed by atoms with Crippen LogP contribution in [0, 0.1) is 5.92 Å². The van der Waals surface area contributed by atoms with Crippen molar-refractivity contribution in [2.75, 3.05) is 6.61 Å². The summed E-state index contributed by atoms with van der Waals surface area (Å²) < 4.78 is 5.31. The van der Waals surface area contributed by atoms with Gasteiger partial charge in [-0.1, -0.05) is 6.92 Å². The monoisotopic (exact) mass is 183 g/mol. The molecule has 0 aromatic rings. The van der Waals surface area contributed by atoms with E-state index in [-0.39, 0.29) is 12.0 Å². The van der Waals surface area contributed by atoms with Crippen molar-refractivity contribution in [1.82, 2.24) is 5.32 Å². The first kappa shape index (κ1) is 9.00. The number of hydrogen-bond donors (Lipinski definition) is 1. The molecule has 0 bridgehead atoms. The van der Waals surface area contributed by atoms with E-state index < -0.39 is 0 Å². The summed E-state index contributed by atoms with van der Waals surface area (Å²) >= 11 is 0. The molecule has 1 N–H and O–H groups in total. The lowest BCUT2D eigenvalue weighted by atomic mass is 9.81. The number of carbonyl (C=O) groups excluding carboxylic acids is 1. The highest BCUT2D eigenvalue weighted by Gasteiger charge is 2.31. The maximum Gasteiger partial charge on any atom is 0.249 e. The Kier molecular flexibility index (Phi) is 2.54. The summed E-state index contributed by atoms with van der Waals surface area (Å²) in [5.41, 5.74) is 0. The van der Waals surface area contributed by atoms with Crippen LogP contribution in [0.3, 0.4) is 0 Å². The highest BCUT2D eigenvalue weighted by atomic mass is 16.5. The molecule has 2 aliphatic rings. The highest BCUT2D eigenvalue weighted by molar-refractivity contribution is 5.81. The van der Waals surface area contributed by atoms with Gasteiger partial charge in [-0.2, -0.15) is 0 Å². The minimum atomic E-state index is -0.159. The van der Waals surface area contributed by atoms with Crippen LogP contribution in [-0.2, 0) is 9.53 Å². The van der Waals surface area contributed by atoms with Gasteiger partial charge < -0.3 is 10.1 Å². The van der Waals surface area contributed by atoms with E-state index in [9.17, 15) is 4.79 Å². The van der Waals surface area contributed by atoms with Gasteiger partial charge in [-0.3, -0.25) is 4.79 Å². The average Bonchev–Trinajstić information content (AvgIpc) is 2.64. The van der Waals surface area contributed by atoms with Gasteiger partial charge in [-0.15, -0.1) is 0 Å². The van der Waals surface area contributed by atoms with Crippen molar-refractivity contribution < 1.29 is 9.53 Å². The number of hydrogen-bond acceptors (Lipinski definition) is 2. The fourth-order valence-corrected chi connectivity index (χ4v) is 1.94. The van der Waals surface area contributed by atoms with E-state index in [1.54, 1.807) is 0 Å². The number of rotatable bonds is 2. The molecule has 3 heteroatoms. The van der Waals surface area contributed by atoms with E-state index in [2.05, 4.69) is 12.2 Å². The van der Waals surface area contributed by atoms with Gasteiger partial charge in [0.1, 0.15) is 6.10 Å². The third kappa shape index (κ3) is 1.85. The molecule has 13 heavy (non-hydrogen) atoms. The van der Waals surface area contributed by atoms with E-state index >= 15 is 0 Å². The van der Waals surface area contributed by atoms with E-state index in [0.717, 1.165) is 25.9 Å². The molecule has 74 valence electrons. The van der Waals surface area contributed by atoms with Crippen molar-refractivity contribution >= 4 is 5.91 Å². The summed E-state index contributed by atoms with van der Waals surface area (Å²) in [4.78, 5) is 11.6. The Balaban J connectivity index is 1.77. The zero-order valence-electron chi connectivity index (χ0n) is 8.08. The Hall–Kier alpha value is -0.570. The lowest BCUT2D eigenvalue weighted by Crippen LogP contribution is -2.48. The SMILES string of the molecule is CC1CCC1NC(=O)C1CCCO1. The van der Waals surface area contributed by atoms with Crippen LogP contribution < -0.4 is 5.32 Å². The van der Waals surface area contributed by atoms with E-state index in [1.165, 1.54) is 6.42 Å². The van der Waals surface area contributed by atoms with Crippen LogP contribution in [-0.4, -0.2) is 24.7 Å². The highest BCUT2D eigenvalue weighted by Crippen LogP contribution is 2.26. The second-order valence-corrected chi connectivity index (χ2v) is 4.17. The Morgan fingerprint density at radius 1 is 1.38 bits per heavy atom. The lowest BCUT2D eigenvalue weighted by Gasteiger charge is -2.35. The first-order valence-corrected chi connectivity index (χ1v) is 5.19. The minimum Gasteiger partial charge on any atom is -0.368 e. The van der Waals surface area contributed by atoms with Crippen molar-refractivity contribution in [2.45, 2.75) is 44.8 Å². The molecule has 0 radical (unpaired) electrons. The molecule has 3 nitrogen and oxygen atoms in total. The molecular formula is C10H17NO2. The predicted molar refractivity (Wildman–Crippen MR) is 49.3 cm³/mol.